The molecule has 2 aromatic rings. The number of nitrogens with zero attached hydrogens (tertiary/aromatic N) is 3. The smallest absolute Gasteiger partial charge is 0.422 e. The van der Waals surface area contributed by atoms with Crippen LogP contribution in [-0.2, 0) is 10.0 Å². The zero-order valence-electron chi connectivity index (χ0n) is 15.6. The summed E-state index contributed by atoms with van der Waals surface area (Å²) >= 11 is 0. The summed E-state index contributed by atoms with van der Waals surface area (Å²) in [5.74, 6) is -0.588. The molecule has 2 amide bonds. The number of amides is 2. The number of alkyl halides is 3. The highest BCUT2D eigenvalue weighted by atomic mass is 32.2. The topological polar surface area (TPSA) is 142 Å². The fraction of sp³-hybridized carbons (Fsp3) is 0.333. The van der Waals surface area contributed by atoms with Crippen molar-refractivity contribution in [3.05, 3.63) is 24.3 Å². The third-order valence-electron chi connectivity index (χ3n) is 3.03. The quantitative estimate of drug-likeness (QED) is 0.614. The average molecular weight is 451 g/mol. The minimum absolute atomic E-state index is 0.0185. The van der Waals surface area contributed by atoms with E-state index in [-0.39, 0.29) is 17.3 Å². The van der Waals surface area contributed by atoms with Crippen molar-refractivity contribution in [2.75, 3.05) is 25.6 Å². The summed E-state index contributed by atoms with van der Waals surface area (Å²) in [7, 11) is -3.24. The second-order valence-electron chi connectivity index (χ2n) is 5.27. The molecule has 0 saturated heterocycles. The van der Waals surface area contributed by atoms with Gasteiger partial charge < -0.3 is 14.2 Å². The number of para-hydroxylation sites is 1. The largest absolute Gasteiger partial charge is 0.492 e. The van der Waals surface area contributed by atoms with Crippen molar-refractivity contribution < 1.29 is 40.6 Å². The molecule has 0 spiro atoms. The summed E-state index contributed by atoms with van der Waals surface area (Å²) in [5.41, 5.74) is 0. The van der Waals surface area contributed by atoms with Gasteiger partial charge in [-0.05, 0) is 19.1 Å². The number of halogens is 3. The highest BCUT2D eigenvalue weighted by Gasteiger charge is 2.29. The van der Waals surface area contributed by atoms with Gasteiger partial charge in [0.15, 0.2) is 6.61 Å². The molecule has 1 heterocycles. The van der Waals surface area contributed by atoms with Gasteiger partial charge in [-0.1, -0.05) is 12.1 Å². The van der Waals surface area contributed by atoms with E-state index in [2.05, 4.69) is 19.7 Å². The summed E-state index contributed by atoms with van der Waals surface area (Å²) in [6.45, 7) is 0.134. The van der Waals surface area contributed by atoms with Crippen LogP contribution in [0.5, 0.6) is 17.8 Å². The third-order valence-corrected chi connectivity index (χ3v) is 4.40. The Hall–Kier alpha value is -3.36. The lowest BCUT2D eigenvalue weighted by Gasteiger charge is -2.12. The summed E-state index contributed by atoms with van der Waals surface area (Å²) in [4.78, 5) is 22.3. The number of carbonyl (C=O) groups excluding carboxylic acids is 1. The van der Waals surface area contributed by atoms with Crippen LogP contribution < -0.4 is 24.2 Å². The molecule has 0 aliphatic rings. The Morgan fingerprint density at radius 1 is 1.10 bits per heavy atom. The Morgan fingerprint density at radius 3 is 2.40 bits per heavy atom. The lowest BCUT2D eigenvalue weighted by Crippen LogP contribution is -2.35. The molecule has 1 aromatic carbocycles. The maximum atomic E-state index is 12.5. The lowest BCUT2D eigenvalue weighted by atomic mass is 10.3. The summed E-state index contributed by atoms with van der Waals surface area (Å²) in [5, 5.41) is 1.96. The van der Waals surface area contributed by atoms with E-state index in [1.54, 1.807) is 17.7 Å². The molecule has 11 nitrogen and oxygen atoms in total. The Bertz CT molecular complexity index is 1000. The van der Waals surface area contributed by atoms with Gasteiger partial charge in [0, 0.05) is 0 Å². The molecule has 0 saturated carbocycles. The van der Waals surface area contributed by atoms with Crippen molar-refractivity contribution >= 4 is 22.0 Å². The van der Waals surface area contributed by atoms with E-state index in [1.165, 1.54) is 18.2 Å². The fourth-order valence-electron chi connectivity index (χ4n) is 1.95. The van der Waals surface area contributed by atoms with Crippen LogP contribution >= 0.6 is 0 Å². The van der Waals surface area contributed by atoms with Crippen LogP contribution in [0.1, 0.15) is 6.92 Å². The second kappa shape index (κ2) is 9.43. The lowest BCUT2D eigenvalue weighted by molar-refractivity contribution is -0.154. The van der Waals surface area contributed by atoms with E-state index in [1.807, 2.05) is 5.32 Å². The molecule has 0 unspecified atom stereocenters. The van der Waals surface area contributed by atoms with Gasteiger partial charge >= 0.3 is 24.2 Å². The van der Waals surface area contributed by atoms with Gasteiger partial charge in [-0.15, -0.1) is 4.98 Å². The summed E-state index contributed by atoms with van der Waals surface area (Å²) in [6.07, 6.45) is -4.66. The maximum Gasteiger partial charge on any atom is 0.422 e. The maximum absolute atomic E-state index is 12.5. The van der Waals surface area contributed by atoms with Gasteiger partial charge in [0.25, 0.3) is 10.0 Å². The molecule has 1 aromatic heterocycles. The van der Waals surface area contributed by atoms with E-state index in [0.29, 0.717) is 0 Å². The van der Waals surface area contributed by atoms with Crippen molar-refractivity contribution in [1.29, 1.82) is 0 Å². The van der Waals surface area contributed by atoms with E-state index < -0.39 is 46.8 Å². The van der Waals surface area contributed by atoms with Crippen LogP contribution in [0.15, 0.2) is 29.2 Å². The molecule has 0 aliphatic heterocycles. The van der Waals surface area contributed by atoms with Gasteiger partial charge in [-0.2, -0.15) is 23.1 Å². The first-order chi connectivity index (χ1) is 14.0. The van der Waals surface area contributed by atoms with Crippen molar-refractivity contribution in [3.8, 4) is 17.8 Å². The number of hydrogen-bond donors (Lipinski definition) is 2. The predicted molar refractivity (Wildman–Crippen MR) is 94.9 cm³/mol. The molecule has 0 atom stereocenters. The van der Waals surface area contributed by atoms with Crippen LogP contribution in [0.2, 0.25) is 0 Å². The average Bonchev–Trinajstić information content (AvgIpc) is 2.65. The molecule has 164 valence electrons. The summed E-state index contributed by atoms with van der Waals surface area (Å²) in [6, 6.07) is 3.03. The minimum Gasteiger partial charge on any atom is -0.492 e. The fourth-order valence-corrected chi connectivity index (χ4v) is 3.00. The number of carbonyl (C=O) groups is 1. The number of ether oxygens (including phenoxy) is 3. The van der Waals surface area contributed by atoms with Gasteiger partial charge in [-0.25, -0.2) is 17.9 Å². The Balaban J connectivity index is 2.17. The standard InChI is InChI=1S/C15H16F3N5O6S/c1-3-28-9-6-4-5-7-10(9)30(25,26)23-12(24)19-11-20-13(27-2)22-14(21-11)29-8-15(16,17)18/h4-7H,3,8H2,1-2H3,(H2,19,20,21,22,23,24). The van der Waals surface area contributed by atoms with Crippen LogP contribution in [0.3, 0.4) is 0 Å². The first-order valence-electron chi connectivity index (χ1n) is 8.09. The molecule has 0 fully saturated rings. The van der Waals surface area contributed by atoms with Crippen LogP contribution in [-0.4, -0.2) is 55.9 Å². The number of methoxy groups -OCH3 is 1. The molecular formula is C15H16F3N5O6S. The molecule has 0 aliphatic carbocycles. The molecule has 0 bridgehead atoms. The van der Waals surface area contributed by atoms with Crippen molar-refractivity contribution in [2.24, 2.45) is 0 Å². The van der Waals surface area contributed by atoms with Crippen LogP contribution in [0.4, 0.5) is 23.9 Å². The zero-order chi connectivity index (χ0) is 22.4. The number of hydrogen-bond acceptors (Lipinski definition) is 9. The number of sulfonamides is 1. The van der Waals surface area contributed by atoms with Gasteiger partial charge in [0.1, 0.15) is 10.6 Å². The van der Waals surface area contributed by atoms with Crippen LogP contribution in [0.25, 0.3) is 0 Å². The molecule has 2 N–H and O–H groups in total. The summed E-state index contributed by atoms with van der Waals surface area (Å²) < 4.78 is 77.8. The van der Waals surface area contributed by atoms with E-state index in [4.69, 9.17) is 9.47 Å². The van der Waals surface area contributed by atoms with E-state index >= 15 is 0 Å². The minimum atomic E-state index is -4.66. The number of urea groups is 1. The molecule has 30 heavy (non-hydrogen) atoms. The normalized spacial score (nSPS) is 11.5. The molecular weight excluding hydrogens is 435 g/mol. The SMILES string of the molecule is CCOc1ccccc1S(=O)(=O)NC(=O)Nc1nc(OC)nc(OCC(F)(F)F)n1. The number of nitrogens with one attached hydrogen (secondary N) is 2. The number of aromatic nitrogens is 3. The number of anilines is 1. The number of rotatable bonds is 8. The highest BCUT2D eigenvalue weighted by molar-refractivity contribution is 7.90. The highest BCUT2D eigenvalue weighted by Crippen LogP contribution is 2.23. The van der Waals surface area contributed by atoms with E-state index in [0.717, 1.165) is 7.11 Å². The van der Waals surface area contributed by atoms with Crippen molar-refractivity contribution in [3.63, 3.8) is 0 Å². The predicted octanol–water partition coefficient (Wildman–Crippen LogP) is 1.73. The van der Waals surface area contributed by atoms with Gasteiger partial charge in [0.2, 0.25) is 5.95 Å². The van der Waals surface area contributed by atoms with Crippen LogP contribution in [0, 0.1) is 0 Å². The van der Waals surface area contributed by atoms with Gasteiger partial charge in [0.05, 0.1) is 13.7 Å². The molecule has 0 radical (unpaired) electrons. The van der Waals surface area contributed by atoms with Gasteiger partial charge in [-0.3, -0.25) is 5.32 Å². The monoisotopic (exact) mass is 451 g/mol. The van der Waals surface area contributed by atoms with E-state index in [9.17, 15) is 26.4 Å². The zero-order valence-corrected chi connectivity index (χ0v) is 16.4. The van der Waals surface area contributed by atoms with Crippen molar-refractivity contribution in [1.82, 2.24) is 19.7 Å². The Kier molecular flexibility index (Phi) is 7.20. The third kappa shape index (κ3) is 6.61. The second-order valence-corrected chi connectivity index (χ2v) is 6.92. The van der Waals surface area contributed by atoms with Crippen molar-refractivity contribution in [2.45, 2.75) is 18.0 Å². The number of benzene rings is 1. The first-order valence-corrected chi connectivity index (χ1v) is 9.57. The Morgan fingerprint density at radius 2 is 1.77 bits per heavy atom. The molecule has 2 rings (SSSR count). The first kappa shape index (κ1) is 22.9. The molecule has 15 heteroatoms. The Labute approximate surface area is 168 Å².